The summed E-state index contributed by atoms with van der Waals surface area (Å²) < 4.78 is 28.0. The summed E-state index contributed by atoms with van der Waals surface area (Å²) in [5.74, 6) is -0.733. The lowest BCUT2D eigenvalue weighted by atomic mass is 10.0. The van der Waals surface area contributed by atoms with Crippen LogP contribution in [0.5, 0.6) is 0 Å². The fraction of sp³-hybridized carbons (Fsp3) is 0.355. The number of nitrogens with zero attached hydrogens (tertiary/aromatic N) is 2. The van der Waals surface area contributed by atoms with Crippen LogP contribution in [0.1, 0.15) is 43.9 Å². The number of benzene rings is 3. The molecule has 0 aliphatic heterocycles. The first-order chi connectivity index (χ1) is 19.0. The molecular formula is C31H38BrN3O4S. The Hall–Kier alpha value is -3.17. The Morgan fingerprint density at radius 2 is 1.52 bits per heavy atom. The minimum Gasteiger partial charge on any atom is -0.352 e. The lowest BCUT2D eigenvalue weighted by Crippen LogP contribution is -2.54. The van der Waals surface area contributed by atoms with Gasteiger partial charge in [-0.25, -0.2) is 8.42 Å². The van der Waals surface area contributed by atoms with Gasteiger partial charge in [0, 0.05) is 23.5 Å². The molecule has 2 atom stereocenters. The summed E-state index contributed by atoms with van der Waals surface area (Å²) in [4.78, 5) is 29.4. The molecule has 9 heteroatoms. The van der Waals surface area contributed by atoms with Crippen LogP contribution in [-0.2, 0) is 39.0 Å². The largest absolute Gasteiger partial charge is 0.352 e. The molecule has 3 aromatic rings. The molecule has 40 heavy (non-hydrogen) atoms. The summed E-state index contributed by atoms with van der Waals surface area (Å²) in [6, 6.07) is 23.3. The number of hydrogen-bond acceptors (Lipinski definition) is 4. The van der Waals surface area contributed by atoms with Gasteiger partial charge < -0.3 is 10.2 Å². The van der Waals surface area contributed by atoms with Gasteiger partial charge in [0.1, 0.15) is 12.6 Å². The average molecular weight is 629 g/mol. The third-order valence-corrected chi connectivity index (χ3v) is 8.51. The SMILES string of the molecule is CCc1ccccc1N(CC(=O)N(Cc1ccc(Br)cc1)[C@@H](Cc1ccccc1)C(=O)N[C@@H](C)CC)S(C)(=O)=O. The van der Waals surface area contributed by atoms with Crippen LogP contribution in [0.15, 0.2) is 83.3 Å². The minimum absolute atomic E-state index is 0.0839. The number of amides is 2. The molecule has 3 rings (SSSR count). The van der Waals surface area contributed by atoms with Crippen LogP contribution >= 0.6 is 15.9 Å². The number of hydrogen-bond donors (Lipinski definition) is 1. The van der Waals surface area contributed by atoms with Crippen LogP contribution in [-0.4, -0.2) is 50.0 Å². The highest BCUT2D eigenvalue weighted by Gasteiger charge is 2.33. The second-order valence-electron chi connectivity index (χ2n) is 9.92. The highest BCUT2D eigenvalue weighted by Crippen LogP contribution is 2.25. The Balaban J connectivity index is 2.07. The lowest BCUT2D eigenvalue weighted by Gasteiger charge is -2.34. The van der Waals surface area contributed by atoms with Crippen molar-refractivity contribution >= 4 is 43.5 Å². The van der Waals surface area contributed by atoms with Crippen molar-refractivity contribution in [2.24, 2.45) is 0 Å². The van der Waals surface area contributed by atoms with E-state index in [-0.39, 0.29) is 24.9 Å². The Morgan fingerprint density at radius 1 is 0.900 bits per heavy atom. The highest BCUT2D eigenvalue weighted by molar-refractivity contribution is 9.10. The zero-order valence-electron chi connectivity index (χ0n) is 23.5. The molecule has 0 fully saturated rings. The topological polar surface area (TPSA) is 86.8 Å². The second kappa shape index (κ2) is 14.5. The fourth-order valence-electron chi connectivity index (χ4n) is 4.43. The van der Waals surface area contributed by atoms with Gasteiger partial charge in [-0.15, -0.1) is 0 Å². The predicted molar refractivity (Wildman–Crippen MR) is 165 cm³/mol. The zero-order chi connectivity index (χ0) is 29.3. The van der Waals surface area contributed by atoms with Crippen molar-refractivity contribution in [3.8, 4) is 0 Å². The smallest absolute Gasteiger partial charge is 0.244 e. The van der Waals surface area contributed by atoms with Gasteiger partial charge in [0.15, 0.2) is 0 Å². The maximum Gasteiger partial charge on any atom is 0.244 e. The van der Waals surface area contributed by atoms with E-state index < -0.39 is 28.5 Å². The molecule has 214 valence electrons. The molecule has 0 unspecified atom stereocenters. The van der Waals surface area contributed by atoms with Crippen LogP contribution in [0.4, 0.5) is 5.69 Å². The summed E-state index contributed by atoms with van der Waals surface area (Å²) in [5, 5.41) is 3.04. The van der Waals surface area contributed by atoms with Crippen LogP contribution in [0, 0.1) is 0 Å². The number of rotatable bonds is 13. The van der Waals surface area contributed by atoms with Gasteiger partial charge in [0.2, 0.25) is 21.8 Å². The molecule has 0 radical (unpaired) electrons. The normalized spacial score (nSPS) is 12.8. The van der Waals surface area contributed by atoms with Crippen LogP contribution in [0.3, 0.4) is 0 Å². The highest BCUT2D eigenvalue weighted by atomic mass is 79.9. The number of aryl methyl sites for hydroxylation is 1. The third kappa shape index (κ3) is 8.66. The molecule has 0 saturated heterocycles. The first kappa shape index (κ1) is 31.4. The van der Waals surface area contributed by atoms with Gasteiger partial charge >= 0.3 is 0 Å². The number of nitrogens with one attached hydrogen (secondary N) is 1. The maximum atomic E-state index is 14.2. The summed E-state index contributed by atoms with van der Waals surface area (Å²) >= 11 is 3.45. The van der Waals surface area contributed by atoms with Gasteiger partial charge in [-0.05, 0) is 54.7 Å². The number of halogens is 1. The summed E-state index contributed by atoms with van der Waals surface area (Å²) in [7, 11) is -3.81. The van der Waals surface area contributed by atoms with Crippen molar-refractivity contribution in [3.05, 3.63) is 100 Å². The molecule has 1 N–H and O–H groups in total. The van der Waals surface area contributed by atoms with Crippen LogP contribution in [0.25, 0.3) is 0 Å². The number of anilines is 1. The number of sulfonamides is 1. The monoisotopic (exact) mass is 627 g/mol. The van der Waals surface area contributed by atoms with Crippen molar-refractivity contribution in [1.29, 1.82) is 0 Å². The Morgan fingerprint density at radius 3 is 2.12 bits per heavy atom. The van der Waals surface area contributed by atoms with E-state index in [1.165, 1.54) is 4.90 Å². The molecule has 2 amide bonds. The average Bonchev–Trinajstić information content (AvgIpc) is 2.94. The minimum atomic E-state index is -3.81. The molecule has 0 aromatic heterocycles. The molecule has 3 aromatic carbocycles. The first-order valence-corrected chi connectivity index (χ1v) is 16.1. The number of carbonyl (C=O) groups excluding carboxylic acids is 2. The number of carbonyl (C=O) groups is 2. The van der Waals surface area contributed by atoms with Crippen molar-refractivity contribution in [1.82, 2.24) is 10.2 Å². The Kier molecular flexibility index (Phi) is 11.3. The lowest BCUT2D eigenvalue weighted by molar-refractivity contribution is -0.140. The van der Waals surface area contributed by atoms with Gasteiger partial charge in [0.05, 0.1) is 11.9 Å². The van der Waals surface area contributed by atoms with Gasteiger partial charge in [-0.2, -0.15) is 0 Å². The van der Waals surface area contributed by atoms with E-state index in [0.717, 1.165) is 38.1 Å². The van der Waals surface area contributed by atoms with E-state index >= 15 is 0 Å². The van der Waals surface area contributed by atoms with Crippen LogP contribution < -0.4 is 9.62 Å². The van der Waals surface area contributed by atoms with Gasteiger partial charge in [-0.1, -0.05) is 90.4 Å². The van der Waals surface area contributed by atoms with E-state index in [0.29, 0.717) is 12.1 Å². The molecule has 0 heterocycles. The molecular weight excluding hydrogens is 590 g/mol. The maximum absolute atomic E-state index is 14.2. The van der Waals surface area contributed by atoms with Crippen molar-refractivity contribution in [3.63, 3.8) is 0 Å². The van der Waals surface area contributed by atoms with Crippen molar-refractivity contribution in [2.75, 3.05) is 17.1 Å². The molecule has 0 bridgehead atoms. The standard InChI is InChI=1S/C31H38BrN3O4S/c1-5-23(3)33-31(37)29(20-24-12-8-7-9-13-24)34(21-25-16-18-27(32)19-17-25)30(36)22-35(40(4,38)39)28-15-11-10-14-26(28)6-2/h7-19,23,29H,5-6,20-22H2,1-4H3,(H,33,37)/t23-,29-/m0/s1. The summed E-state index contributed by atoms with van der Waals surface area (Å²) in [6.07, 6.45) is 2.73. The van der Waals surface area contributed by atoms with Gasteiger partial charge in [-0.3, -0.25) is 13.9 Å². The molecule has 0 aliphatic carbocycles. The Bertz CT molecular complexity index is 1380. The first-order valence-electron chi connectivity index (χ1n) is 13.5. The van der Waals surface area contributed by atoms with E-state index in [1.807, 2.05) is 87.5 Å². The molecule has 0 spiro atoms. The molecule has 0 aliphatic rings. The van der Waals surface area contributed by atoms with Gasteiger partial charge in [0.25, 0.3) is 0 Å². The van der Waals surface area contributed by atoms with E-state index in [9.17, 15) is 18.0 Å². The number of para-hydroxylation sites is 1. The van der Waals surface area contributed by atoms with Crippen molar-refractivity contribution < 1.29 is 18.0 Å². The van der Waals surface area contributed by atoms with E-state index in [1.54, 1.807) is 12.1 Å². The summed E-state index contributed by atoms with van der Waals surface area (Å²) in [5.41, 5.74) is 3.01. The quantitative estimate of drug-likeness (QED) is 0.277. The summed E-state index contributed by atoms with van der Waals surface area (Å²) in [6.45, 7) is 5.57. The van der Waals surface area contributed by atoms with Crippen LogP contribution in [0.2, 0.25) is 0 Å². The van der Waals surface area contributed by atoms with E-state index in [4.69, 9.17) is 0 Å². The predicted octanol–water partition coefficient (Wildman–Crippen LogP) is 5.33. The fourth-order valence-corrected chi connectivity index (χ4v) is 5.57. The molecule has 0 saturated carbocycles. The third-order valence-electron chi connectivity index (χ3n) is 6.86. The second-order valence-corrected chi connectivity index (χ2v) is 12.7. The zero-order valence-corrected chi connectivity index (χ0v) is 25.9. The molecule has 7 nitrogen and oxygen atoms in total. The Labute approximate surface area is 246 Å². The van der Waals surface area contributed by atoms with E-state index in [2.05, 4.69) is 21.2 Å². The van der Waals surface area contributed by atoms with Crippen molar-refractivity contribution in [2.45, 2.75) is 58.7 Å².